The van der Waals surface area contributed by atoms with Gasteiger partial charge in [0.05, 0.1) is 0 Å². The largest absolute Gasteiger partial charge is 0.369 e. The summed E-state index contributed by atoms with van der Waals surface area (Å²) in [7, 11) is 0. The molecule has 0 saturated carbocycles. The van der Waals surface area contributed by atoms with Crippen molar-refractivity contribution in [2.24, 2.45) is 0 Å². The summed E-state index contributed by atoms with van der Waals surface area (Å²) < 4.78 is 0. The van der Waals surface area contributed by atoms with Crippen LogP contribution in [0.1, 0.15) is 52.8 Å². The van der Waals surface area contributed by atoms with Crippen LogP contribution in [0, 0.1) is 6.92 Å². The van der Waals surface area contributed by atoms with Crippen molar-refractivity contribution in [1.82, 2.24) is 10.3 Å². The third-order valence-electron chi connectivity index (χ3n) is 3.18. The number of aromatic nitrogens is 1. The highest BCUT2D eigenvalue weighted by atomic mass is 15.2. The van der Waals surface area contributed by atoms with E-state index in [2.05, 4.69) is 69.7 Å². The SMILES string of the molecule is CCN(c1cc(C)ncc1CNC(C)(C)C)C(C)C. The first-order chi connectivity index (χ1) is 8.74. The molecule has 0 aliphatic carbocycles. The van der Waals surface area contributed by atoms with Gasteiger partial charge in [0, 0.05) is 47.8 Å². The second-order valence-corrected chi connectivity index (χ2v) is 6.44. The van der Waals surface area contributed by atoms with E-state index in [1.165, 1.54) is 11.3 Å². The second kappa shape index (κ2) is 6.38. The first-order valence-electron chi connectivity index (χ1n) is 7.21. The molecule has 0 saturated heterocycles. The van der Waals surface area contributed by atoms with Gasteiger partial charge in [0.15, 0.2) is 0 Å². The smallest absolute Gasteiger partial charge is 0.0447 e. The van der Waals surface area contributed by atoms with Crippen molar-refractivity contribution in [3.63, 3.8) is 0 Å². The molecule has 1 aromatic rings. The maximum Gasteiger partial charge on any atom is 0.0447 e. The van der Waals surface area contributed by atoms with Crippen LogP contribution < -0.4 is 10.2 Å². The van der Waals surface area contributed by atoms with Crippen molar-refractivity contribution in [1.29, 1.82) is 0 Å². The molecule has 3 heteroatoms. The van der Waals surface area contributed by atoms with Gasteiger partial charge in [-0.25, -0.2) is 0 Å². The van der Waals surface area contributed by atoms with Gasteiger partial charge in [-0.1, -0.05) is 0 Å². The molecule has 1 heterocycles. The topological polar surface area (TPSA) is 28.2 Å². The van der Waals surface area contributed by atoms with Crippen molar-refractivity contribution in [2.45, 2.75) is 66.6 Å². The predicted molar refractivity (Wildman–Crippen MR) is 83.7 cm³/mol. The molecule has 108 valence electrons. The fourth-order valence-electron chi connectivity index (χ4n) is 2.15. The van der Waals surface area contributed by atoms with Crippen molar-refractivity contribution in [2.75, 3.05) is 11.4 Å². The Hall–Kier alpha value is -1.09. The van der Waals surface area contributed by atoms with E-state index in [-0.39, 0.29) is 5.54 Å². The van der Waals surface area contributed by atoms with E-state index in [4.69, 9.17) is 0 Å². The molecule has 0 bridgehead atoms. The molecule has 0 aliphatic rings. The molecule has 1 rings (SSSR count). The summed E-state index contributed by atoms with van der Waals surface area (Å²) in [6, 6.07) is 2.70. The Labute approximate surface area is 118 Å². The van der Waals surface area contributed by atoms with Crippen LogP contribution in [0.25, 0.3) is 0 Å². The number of nitrogens with zero attached hydrogens (tertiary/aromatic N) is 2. The van der Waals surface area contributed by atoms with Crippen molar-refractivity contribution in [3.8, 4) is 0 Å². The van der Waals surface area contributed by atoms with Gasteiger partial charge in [0.1, 0.15) is 0 Å². The van der Waals surface area contributed by atoms with Crippen molar-refractivity contribution >= 4 is 5.69 Å². The van der Waals surface area contributed by atoms with Gasteiger partial charge in [0.2, 0.25) is 0 Å². The zero-order chi connectivity index (χ0) is 14.6. The first kappa shape index (κ1) is 16.0. The molecule has 1 N–H and O–H groups in total. The molecular formula is C16H29N3. The quantitative estimate of drug-likeness (QED) is 0.881. The van der Waals surface area contributed by atoms with Gasteiger partial charge in [-0.2, -0.15) is 0 Å². The second-order valence-electron chi connectivity index (χ2n) is 6.44. The Kier molecular flexibility index (Phi) is 5.36. The fourth-order valence-corrected chi connectivity index (χ4v) is 2.15. The van der Waals surface area contributed by atoms with E-state index in [0.29, 0.717) is 6.04 Å². The monoisotopic (exact) mass is 263 g/mol. The molecule has 0 spiro atoms. The Morgan fingerprint density at radius 1 is 1.32 bits per heavy atom. The standard InChI is InChI=1S/C16H29N3/c1-8-19(12(2)3)15-9-13(4)17-10-14(15)11-18-16(5,6)7/h9-10,12,18H,8,11H2,1-7H3. The maximum absolute atomic E-state index is 4.45. The average molecular weight is 263 g/mol. The normalized spacial score (nSPS) is 12.0. The van der Waals surface area contributed by atoms with Gasteiger partial charge in [-0.05, 0) is 54.5 Å². The van der Waals surface area contributed by atoms with E-state index >= 15 is 0 Å². The molecule has 0 amide bonds. The highest BCUT2D eigenvalue weighted by Gasteiger charge is 2.15. The van der Waals surface area contributed by atoms with Crippen LogP contribution in [-0.4, -0.2) is 23.1 Å². The van der Waals surface area contributed by atoms with Gasteiger partial charge < -0.3 is 10.2 Å². The molecule has 0 aliphatic heterocycles. The Morgan fingerprint density at radius 3 is 2.42 bits per heavy atom. The minimum atomic E-state index is 0.122. The lowest BCUT2D eigenvalue weighted by molar-refractivity contribution is 0.423. The summed E-state index contributed by atoms with van der Waals surface area (Å²) in [4.78, 5) is 6.87. The summed E-state index contributed by atoms with van der Waals surface area (Å²) in [5.41, 5.74) is 3.78. The van der Waals surface area contributed by atoms with E-state index in [9.17, 15) is 0 Å². The van der Waals surface area contributed by atoms with E-state index < -0.39 is 0 Å². The molecule has 0 atom stereocenters. The van der Waals surface area contributed by atoms with Crippen LogP contribution in [0.3, 0.4) is 0 Å². The number of rotatable bonds is 5. The number of hydrogen-bond acceptors (Lipinski definition) is 3. The van der Waals surface area contributed by atoms with E-state index in [1.54, 1.807) is 0 Å². The molecule has 0 radical (unpaired) electrons. The molecule has 0 fully saturated rings. The number of nitrogens with one attached hydrogen (secondary N) is 1. The molecule has 0 unspecified atom stereocenters. The number of pyridine rings is 1. The lowest BCUT2D eigenvalue weighted by Crippen LogP contribution is -2.37. The predicted octanol–water partition coefficient (Wildman–Crippen LogP) is 3.51. The number of aryl methyl sites for hydroxylation is 1. The van der Waals surface area contributed by atoms with Crippen molar-refractivity contribution < 1.29 is 0 Å². The van der Waals surface area contributed by atoms with Gasteiger partial charge in [-0.3, -0.25) is 4.98 Å². The van der Waals surface area contributed by atoms with Crippen LogP contribution >= 0.6 is 0 Å². The van der Waals surface area contributed by atoms with Crippen LogP contribution in [-0.2, 0) is 6.54 Å². The van der Waals surface area contributed by atoms with Crippen LogP contribution in [0.5, 0.6) is 0 Å². The van der Waals surface area contributed by atoms with Gasteiger partial charge in [-0.15, -0.1) is 0 Å². The summed E-state index contributed by atoms with van der Waals surface area (Å²) in [6.45, 7) is 17.2. The summed E-state index contributed by atoms with van der Waals surface area (Å²) >= 11 is 0. The summed E-state index contributed by atoms with van der Waals surface area (Å²) in [5.74, 6) is 0. The average Bonchev–Trinajstić information content (AvgIpc) is 2.27. The van der Waals surface area contributed by atoms with Crippen LogP contribution in [0.15, 0.2) is 12.3 Å². The third kappa shape index (κ3) is 4.83. The Bertz CT molecular complexity index is 405. The molecule has 1 aromatic heterocycles. The van der Waals surface area contributed by atoms with E-state index in [1.807, 2.05) is 6.20 Å². The Balaban J connectivity index is 3.03. The van der Waals surface area contributed by atoms with Crippen molar-refractivity contribution in [3.05, 3.63) is 23.5 Å². The van der Waals surface area contributed by atoms with Gasteiger partial charge >= 0.3 is 0 Å². The van der Waals surface area contributed by atoms with Gasteiger partial charge in [0.25, 0.3) is 0 Å². The Morgan fingerprint density at radius 2 is 1.95 bits per heavy atom. The molecule has 0 aromatic carbocycles. The third-order valence-corrected chi connectivity index (χ3v) is 3.18. The molecule has 3 nitrogen and oxygen atoms in total. The van der Waals surface area contributed by atoms with E-state index in [0.717, 1.165) is 18.8 Å². The molecule has 19 heavy (non-hydrogen) atoms. The highest BCUT2D eigenvalue weighted by molar-refractivity contribution is 5.54. The number of hydrogen-bond donors (Lipinski definition) is 1. The molecular weight excluding hydrogens is 234 g/mol. The summed E-state index contributed by atoms with van der Waals surface area (Å²) in [5, 5.41) is 3.55. The minimum absolute atomic E-state index is 0.122. The maximum atomic E-state index is 4.45. The summed E-state index contributed by atoms with van der Waals surface area (Å²) in [6.07, 6.45) is 2.01. The minimum Gasteiger partial charge on any atom is -0.369 e. The van der Waals surface area contributed by atoms with Crippen LogP contribution in [0.2, 0.25) is 0 Å². The zero-order valence-corrected chi connectivity index (χ0v) is 13.5. The lowest BCUT2D eigenvalue weighted by Gasteiger charge is -2.31. The van der Waals surface area contributed by atoms with Crippen LogP contribution in [0.4, 0.5) is 5.69 Å². The number of anilines is 1. The lowest BCUT2D eigenvalue weighted by atomic mass is 10.1. The highest BCUT2D eigenvalue weighted by Crippen LogP contribution is 2.23. The fraction of sp³-hybridized carbons (Fsp3) is 0.688. The zero-order valence-electron chi connectivity index (χ0n) is 13.5. The first-order valence-corrected chi connectivity index (χ1v) is 7.21.